The lowest BCUT2D eigenvalue weighted by Gasteiger charge is -2.15. The molecule has 1 aliphatic rings. The van der Waals surface area contributed by atoms with Crippen molar-refractivity contribution in [2.45, 2.75) is 25.8 Å². The Hall–Kier alpha value is -2.61. The number of primary amides is 1. The van der Waals surface area contributed by atoms with E-state index in [1.165, 1.54) is 12.1 Å². The summed E-state index contributed by atoms with van der Waals surface area (Å²) >= 11 is 6.06. The van der Waals surface area contributed by atoms with Gasteiger partial charge in [-0.25, -0.2) is 4.79 Å². The van der Waals surface area contributed by atoms with E-state index in [4.69, 9.17) is 17.3 Å². The first-order chi connectivity index (χ1) is 11.0. The molecule has 2 heterocycles. The van der Waals surface area contributed by atoms with Crippen LogP contribution in [-0.2, 0) is 13.0 Å². The third-order valence-electron chi connectivity index (χ3n) is 3.56. The van der Waals surface area contributed by atoms with Gasteiger partial charge in [-0.05, 0) is 31.0 Å². The second-order valence-corrected chi connectivity index (χ2v) is 5.59. The number of urea groups is 1. The minimum atomic E-state index is -0.717. The van der Waals surface area contributed by atoms with Crippen molar-refractivity contribution < 1.29 is 9.59 Å². The van der Waals surface area contributed by atoms with E-state index < -0.39 is 11.9 Å². The number of carbonyl (C=O) groups excluding carboxylic acids is 2. The number of halogens is 1. The van der Waals surface area contributed by atoms with Crippen LogP contribution in [0.2, 0.25) is 5.02 Å². The van der Waals surface area contributed by atoms with Gasteiger partial charge in [-0.3, -0.25) is 14.7 Å². The molecule has 1 aromatic heterocycles. The summed E-state index contributed by atoms with van der Waals surface area (Å²) in [6.45, 7) is 0.773. The monoisotopic (exact) mass is 334 g/mol. The standard InChI is InChI=1S/C14H15ClN6O2/c15-10-5-4-8(17-13(16)23)7-9(10)12(22)18-14-20-19-11-3-1-2-6-21(11)14/h4-5,7H,1-3,6H2,(H3,16,17,23)(H,18,20,22). The highest BCUT2D eigenvalue weighted by molar-refractivity contribution is 6.34. The molecule has 4 N–H and O–H groups in total. The number of nitrogens with one attached hydrogen (secondary N) is 2. The largest absolute Gasteiger partial charge is 0.351 e. The number of hydrogen-bond donors (Lipinski definition) is 3. The smallest absolute Gasteiger partial charge is 0.316 e. The number of fused-ring (bicyclic) bond motifs is 1. The molecule has 23 heavy (non-hydrogen) atoms. The maximum atomic E-state index is 12.4. The summed E-state index contributed by atoms with van der Waals surface area (Å²) in [5.41, 5.74) is 5.67. The first kappa shape index (κ1) is 15.3. The molecule has 8 nitrogen and oxygen atoms in total. The van der Waals surface area contributed by atoms with Crippen LogP contribution >= 0.6 is 11.6 Å². The summed E-state index contributed by atoms with van der Waals surface area (Å²) in [4.78, 5) is 23.3. The van der Waals surface area contributed by atoms with Crippen molar-refractivity contribution in [1.29, 1.82) is 0 Å². The molecule has 0 aliphatic carbocycles. The van der Waals surface area contributed by atoms with Crippen molar-refractivity contribution in [2.75, 3.05) is 10.6 Å². The molecule has 0 atom stereocenters. The van der Waals surface area contributed by atoms with Crippen LogP contribution in [-0.4, -0.2) is 26.7 Å². The molecular formula is C14H15ClN6O2. The van der Waals surface area contributed by atoms with Gasteiger partial charge in [-0.2, -0.15) is 0 Å². The third kappa shape index (κ3) is 3.26. The number of amides is 3. The second kappa shape index (κ2) is 6.25. The predicted octanol–water partition coefficient (Wildman–Crippen LogP) is 2.01. The first-order valence-corrected chi connectivity index (χ1v) is 7.52. The Balaban J connectivity index is 1.83. The van der Waals surface area contributed by atoms with Crippen LogP contribution in [0.3, 0.4) is 0 Å². The molecule has 3 amide bonds. The van der Waals surface area contributed by atoms with E-state index in [0.29, 0.717) is 11.6 Å². The van der Waals surface area contributed by atoms with Gasteiger partial charge in [0.15, 0.2) is 0 Å². The molecule has 1 aliphatic heterocycles. The number of aryl methyl sites for hydroxylation is 1. The summed E-state index contributed by atoms with van der Waals surface area (Å²) in [6, 6.07) is 3.81. The van der Waals surface area contributed by atoms with Crippen molar-refractivity contribution in [1.82, 2.24) is 14.8 Å². The van der Waals surface area contributed by atoms with Crippen molar-refractivity contribution in [3.8, 4) is 0 Å². The van der Waals surface area contributed by atoms with E-state index >= 15 is 0 Å². The van der Waals surface area contributed by atoms with Crippen LogP contribution in [0.15, 0.2) is 18.2 Å². The van der Waals surface area contributed by atoms with Gasteiger partial charge in [0.05, 0.1) is 10.6 Å². The Morgan fingerprint density at radius 1 is 1.22 bits per heavy atom. The molecule has 0 saturated carbocycles. The van der Waals surface area contributed by atoms with Crippen molar-refractivity contribution >= 4 is 35.2 Å². The van der Waals surface area contributed by atoms with E-state index in [-0.39, 0.29) is 10.6 Å². The summed E-state index contributed by atoms with van der Waals surface area (Å²) in [6.07, 6.45) is 2.94. The lowest BCUT2D eigenvalue weighted by Crippen LogP contribution is -2.21. The Kier molecular flexibility index (Phi) is 4.16. The van der Waals surface area contributed by atoms with Gasteiger partial charge in [0.25, 0.3) is 5.91 Å². The molecule has 0 unspecified atom stereocenters. The Morgan fingerprint density at radius 2 is 2.04 bits per heavy atom. The van der Waals surface area contributed by atoms with E-state index in [2.05, 4.69) is 20.8 Å². The van der Waals surface area contributed by atoms with E-state index in [0.717, 1.165) is 31.6 Å². The second-order valence-electron chi connectivity index (χ2n) is 5.19. The van der Waals surface area contributed by atoms with Crippen LogP contribution in [0.25, 0.3) is 0 Å². The SMILES string of the molecule is NC(=O)Nc1ccc(Cl)c(C(=O)Nc2nnc3n2CCCC3)c1. The normalized spacial score (nSPS) is 13.3. The van der Waals surface area contributed by atoms with Gasteiger partial charge in [0, 0.05) is 18.7 Å². The van der Waals surface area contributed by atoms with Crippen molar-refractivity contribution in [2.24, 2.45) is 5.73 Å². The fourth-order valence-electron chi connectivity index (χ4n) is 2.49. The van der Waals surface area contributed by atoms with Gasteiger partial charge in [0.2, 0.25) is 5.95 Å². The number of carbonyl (C=O) groups is 2. The number of nitrogens with zero attached hydrogens (tertiary/aromatic N) is 3. The Bertz CT molecular complexity index is 773. The van der Waals surface area contributed by atoms with E-state index in [9.17, 15) is 9.59 Å². The maximum Gasteiger partial charge on any atom is 0.316 e. The molecule has 0 fully saturated rings. The molecule has 3 rings (SSSR count). The van der Waals surface area contributed by atoms with Crippen LogP contribution < -0.4 is 16.4 Å². The number of rotatable bonds is 3. The molecule has 2 aromatic rings. The fraction of sp³-hybridized carbons (Fsp3) is 0.286. The summed E-state index contributed by atoms with van der Waals surface area (Å²) in [7, 11) is 0. The molecule has 120 valence electrons. The number of nitrogens with two attached hydrogens (primary N) is 1. The highest BCUT2D eigenvalue weighted by Gasteiger charge is 2.19. The predicted molar refractivity (Wildman–Crippen MR) is 85.6 cm³/mol. The molecule has 9 heteroatoms. The average molecular weight is 335 g/mol. The minimum absolute atomic E-state index is 0.214. The molecule has 0 bridgehead atoms. The minimum Gasteiger partial charge on any atom is -0.351 e. The number of anilines is 2. The van der Waals surface area contributed by atoms with Gasteiger partial charge in [-0.1, -0.05) is 11.6 Å². The zero-order valence-corrected chi connectivity index (χ0v) is 12.9. The number of aromatic nitrogens is 3. The summed E-state index contributed by atoms with van der Waals surface area (Å²) in [5.74, 6) is 0.833. The Morgan fingerprint density at radius 3 is 2.83 bits per heavy atom. The van der Waals surface area contributed by atoms with Crippen molar-refractivity contribution in [3.63, 3.8) is 0 Å². The maximum absolute atomic E-state index is 12.4. The fourth-order valence-corrected chi connectivity index (χ4v) is 2.69. The molecule has 0 saturated heterocycles. The first-order valence-electron chi connectivity index (χ1n) is 7.14. The zero-order valence-electron chi connectivity index (χ0n) is 12.2. The number of benzene rings is 1. The van der Waals surface area contributed by atoms with Gasteiger partial charge >= 0.3 is 6.03 Å². The molecule has 0 radical (unpaired) electrons. The molecule has 0 spiro atoms. The lowest BCUT2D eigenvalue weighted by atomic mass is 10.1. The van der Waals surface area contributed by atoms with Gasteiger partial charge < -0.3 is 11.1 Å². The van der Waals surface area contributed by atoms with Crippen LogP contribution in [0, 0.1) is 0 Å². The quantitative estimate of drug-likeness (QED) is 0.796. The van der Waals surface area contributed by atoms with Gasteiger partial charge in [0.1, 0.15) is 5.82 Å². The third-order valence-corrected chi connectivity index (χ3v) is 3.89. The highest BCUT2D eigenvalue weighted by atomic mass is 35.5. The molecule has 1 aromatic carbocycles. The topological polar surface area (TPSA) is 115 Å². The highest BCUT2D eigenvalue weighted by Crippen LogP contribution is 2.23. The van der Waals surface area contributed by atoms with E-state index in [1.807, 2.05) is 4.57 Å². The summed E-state index contributed by atoms with van der Waals surface area (Å²) in [5, 5.41) is 13.5. The zero-order chi connectivity index (χ0) is 16.4. The average Bonchev–Trinajstić information content (AvgIpc) is 2.92. The Labute approximate surface area is 137 Å². The van der Waals surface area contributed by atoms with Crippen molar-refractivity contribution in [3.05, 3.63) is 34.6 Å². The van der Waals surface area contributed by atoms with Gasteiger partial charge in [-0.15, -0.1) is 10.2 Å². The van der Waals surface area contributed by atoms with Crippen LogP contribution in [0.1, 0.15) is 29.0 Å². The van der Waals surface area contributed by atoms with Crippen LogP contribution in [0.5, 0.6) is 0 Å². The lowest BCUT2D eigenvalue weighted by molar-refractivity contribution is 0.102. The molecular weight excluding hydrogens is 320 g/mol. The van der Waals surface area contributed by atoms with E-state index in [1.54, 1.807) is 6.07 Å². The number of hydrogen-bond acceptors (Lipinski definition) is 4. The van der Waals surface area contributed by atoms with Crippen LogP contribution in [0.4, 0.5) is 16.4 Å². The summed E-state index contributed by atoms with van der Waals surface area (Å²) < 4.78 is 1.89.